The molecule has 2 rings (SSSR count). The molecule has 116 valence electrons. The molecular formula is C15H23N3O3. The van der Waals surface area contributed by atoms with Crippen LogP contribution in [-0.2, 0) is 0 Å². The van der Waals surface area contributed by atoms with Gasteiger partial charge in [-0.15, -0.1) is 0 Å². The maximum atomic E-state index is 12.4. The highest BCUT2D eigenvalue weighted by atomic mass is 16.3. The van der Waals surface area contributed by atoms with Crippen molar-refractivity contribution in [3.63, 3.8) is 0 Å². The number of phenols is 2. The molecule has 4 N–H and O–H groups in total. The molecule has 21 heavy (non-hydrogen) atoms. The van der Waals surface area contributed by atoms with Crippen LogP contribution in [0, 0.1) is 0 Å². The second kappa shape index (κ2) is 6.78. The highest BCUT2D eigenvalue weighted by molar-refractivity contribution is 5.95. The summed E-state index contributed by atoms with van der Waals surface area (Å²) in [6.07, 6.45) is 1.01. The molecule has 6 nitrogen and oxygen atoms in total. The molecule has 1 heterocycles. The van der Waals surface area contributed by atoms with Gasteiger partial charge in [-0.1, -0.05) is 6.92 Å². The van der Waals surface area contributed by atoms with Gasteiger partial charge in [0, 0.05) is 44.3 Å². The van der Waals surface area contributed by atoms with E-state index < -0.39 is 0 Å². The third-order valence-corrected chi connectivity index (χ3v) is 4.08. The molecule has 6 heteroatoms. The van der Waals surface area contributed by atoms with Crippen molar-refractivity contribution < 1.29 is 15.0 Å². The van der Waals surface area contributed by atoms with Crippen LogP contribution in [0.2, 0.25) is 0 Å². The number of nitrogens with zero attached hydrogens (tertiary/aromatic N) is 2. The highest BCUT2D eigenvalue weighted by Gasteiger charge is 2.25. The lowest BCUT2D eigenvalue weighted by Crippen LogP contribution is -2.53. The van der Waals surface area contributed by atoms with Crippen LogP contribution in [0.15, 0.2) is 18.2 Å². The van der Waals surface area contributed by atoms with Crippen LogP contribution in [0.3, 0.4) is 0 Å². The first-order valence-corrected chi connectivity index (χ1v) is 7.32. The number of benzene rings is 1. The number of hydrogen-bond acceptors (Lipinski definition) is 5. The zero-order chi connectivity index (χ0) is 15.4. The summed E-state index contributed by atoms with van der Waals surface area (Å²) < 4.78 is 0. The van der Waals surface area contributed by atoms with E-state index in [1.54, 1.807) is 4.90 Å². The summed E-state index contributed by atoms with van der Waals surface area (Å²) in [4.78, 5) is 16.5. The first kappa shape index (κ1) is 15.6. The van der Waals surface area contributed by atoms with E-state index in [1.807, 2.05) is 0 Å². The zero-order valence-electron chi connectivity index (χ0n) is 12.3. The van der Waals surface area contributed by atoms with Gasteiger partial charge in [-0.2, -0.15) is 0 Å². The molecule has 1 aliphatic rings. The van der Waals surface area contributed by atoms with Gasteiger partial charge in [0.05, 0.1) is 0 Å². The second-order valence-corrected chi connectivity index (χ2v) is 5.33. The van der Waals surface area contributed by atoms with Crippen molar-refractivity contribution >= 4 is 5.91 Å². The first-order valence-electron chi connectivity index (χ1n) is 7.32. The number of amides is 1. The predicted octanol–water partition coefficient (Wildman–Crippen LogP) is 0.593. The molecular weight excluding hydrogens is 270 g/mol. The molecule has 1 fully saturated rings. The lowest BCUT2D eigenvalue weighted by atomic mass is 10.1. The molecule has 0 aromatic heterocycles. The Balaban J connectivity index is 1.98. The quantitative estimate of drug-likeness (QED) is 0.707. The Kier molecular flexibility index (Phi) is 5.03. The van der Waals surface area contributed by atoms with Crippen molar-refractivity contribution in [2.24, 2.45) is 5.73 Å². The fraction of sp³-hybridized carbons (Fsp3) is 0.533. The van der Waals surface area contributed by atoms with Crippen LogP contribution < -0.4 is 5.73 Å². The molecule has 1 atom stereocenters. The van der Waals surface area contributed by atoms with Gasteiger partial charge in [0.1, 0.15) is 0 Å². The van der Waals surface area contributed by atoms with Crippen molar-refractivity contribution in [1.82, 2.24) is 9.80 Å². The van der Waals surface area contributed by atoms with Gasteiger partial charge in [-0.25, -0.2) is 0 Å². The molecule has 0 bridgehead atoms. The predicted molar refractivity (Wildman–Crippen MR) is 80.4 cm³/mol. The standard InChI is InChI=1S/C15H23N3O3/c1-2-12(10-16)17-5-7-18(8-6-17)15(21)11-3-4-13(19)14(20)9-11/h3-4,9,12,19-20H,2,5-8,10,16H2,1H3. The van der Waals surface area contributed by atoms with Gasteiger partial charge in [-0.3, -0.25) is 9.69 Å². The number of hydrogen-bond donors (Lipinski definition) is 3. The van der Waals surface area contributed by atoms with Crippen LogP contribution in [0.4, 0.5) is 0 Å². The highest BCUT2D eigenvalue weighted by Crippen LogP contribution is 2.25. The maximum absolute atomic E-state index is 12.4. The number of nitrogens with two attached hydrogens (primary N) is 1. The van der Waals surface area contributed by atoms with Crippen molar-refractivity contribution in [3.05, 3.63) is 23.8 Å². The van der Waals surface area contributed by atoms with Crippen LogP contribution in [0.25, 0.3) is 0 Å². The van der Waals surface area contributed by atoms with Gasteiger partial charge in [-0.05, 0) is 24.6 Å². The lowest BCUT2D eigenvalue weighted by molar-refractivity contribution is 0.0571. The fourth-order valence-electron chi connectivity index (χ4n) is 2.70. The largest absolute Gasteiger partial charge is 0.504 e. The van der Waals surface area contributed by atoms with E-state index in [0.717, 1.165) is 19.5 Å². The average molecular weight is 293 g/mol. The molecule has 1 amide bonds. The molecule has 0 aliphatic carbocycles. The molecule has 1 aliphatic heterocycles. The number of phenolic OH excluding ortho intramolecular Hbond substituents is 2. The summed E-state index contributed by atoms with van der Waals surface area (Å²) in [5.74, 6) is -0.607. The average Bonchev–Trinajstić information content (AvgIpc) is 2.51. The third kappa shape index (κ3) is 3.46. The molecule has 1 aromatic rings. The van der Waals surface area contributed by atoms with Gasteiger partial charge >= 0.3 is 0 Å². The number of carbonyl (C=O) groups is 1. The van der Waals surface area contributed by atoms with Crippen LogP contribution in [0.1, 0.15) is 23.7 Å². The van der Waals surface area contributed by atoms with E-state index in [4.69, 9.17) is 5.73 Å². The summed E-state index contributed by atoms with van der Waals surface area (Å²) >= 11 is 0. The Morgan fingerprint density at radius 3 is 2.43 bits per heavy atom. The summed E-state index contributed by atoms with van der Waals surface area (Å²) in [7, 11) is 0. The minimum absolute atomic E-state index is 0.120. The Bertz CT molecular complexity index is 495. The van der Waals surface area contributed by atoms with Gasteiger partial charge in [0.2, 0.25) is 0 Å². The maximum Gasteiger partial charge on any atom is 0.254 e. The zero-order valence-corrected chi connectivity index (χ0v) is 12.3. The van der Waals surface area contributed by atoms with Gasteiger partial charge in [0.25, 0.3) is 5.91 Å². The van der Waals surface area contributed by atoms with E-state index in [2.05, 4.69) is 11.8 Å². The smallest absolute Gasteiger partial charge is 0.254 e. The number of piperazine rings is 1. The SMILES string of the molecule is CCC(CN)N1CCN(C(=O)c2ccc(O)c(O)c2)CC1. The normalized spacial score (nSPS) is 17.7. The van der Waals surface area contributed by atoms with E-state index >= 15 is 0 Å². The van der Waals surface area contributed by atoms with E-state index in [9.17, 15) is 15.0 Å². The molecule has 0 radical (unpaired) electrons. The summed E-state index contributed by atoms with van der Waals surface area (Å²) in [5, 5.41) is 18.8. The fourth-order valence-corrected chi connectivity index (χ4v) is 2.70. The van der Waals surface area contributed by atoms with E-state index in [-0.39, 0.29) is 17.4 Å². The van der Waals surface area contributed by atoms with Crippen LogP contribution in [0.5, 0.6) is 11.5 Å². The van der Waals surface area contributed by atoms with Crippen LogP contribution >= 0.6 is 0 Å². The Hall–Kier alpha value is -1.79. The van der Waals surface area contributed by atoms with Crippen LogP contribution in [-0.4, -0.2) is 64.7 Å². The van der Waals surface area contributed by atoms with Gasteiger partial charge < -0.3 is 20.8 Å². The first-order chi connectivity index (χ1) is 10.1. The molecule has 1 saturated heterocycles. The van der Waals surface area contributed by atoms with E-state index in [1.165, 1.54) is 18.2 Å². The third-order valence-electron chi connectivity index (χ3n) is 4.08. The van der Waals surface area contributed by atoms with Crippen molar-refractivity contribution in [1.29, 1.82) is 0 Å². The van der Waals surface area contributed by atoms with Crippen molar-refractivity contribution in [2.45, 2.75) is 19.4 Å². The van der Waals surface area contributed by atoms with Crippen molar-refractivity contribution in [2.75, 3.05) is 32.7 Å². The summed E-state index contributed by atoms with van der Waals surface area (Å²) in [5.41, 5.74) is 6.15. The number of aromatic hydroxyl groups is 2. The monoisotopic (exact) mass is 293 g/mol. The van der Waals surface area contributed by atoms with Crippen molar-refractivity contribution in [3.8, 4) is 11.5 Å². The lowest BCUT2D eigenvalue weighted by Gasteiger charge is -2.38. The topological polar surface area (TPSA) is 90.0 Å². The Morgan fingerprint density at radius 1 is 1.24 bits per heavy atom. The summed E-state index contributed by atoms with van der Waals surface area (Å²) in [6.45, 7) is 5.68. The Labute approximate surface area is 124 Å². The van der Waals surface area contributed by atoms with Gasteiger partial charge in [0.15, 0.2) is 11.5 Å². The Morgan fingerprint density at radius 2 is 1.90 bits per heavy atom. The second-order valence-electron chi connectivity index (χ2n) is 5.33. The number of rotatable bonds is 4. The molecule has 0 spiro atoms. The molecule has 0 saturated carbocycles. The van der Waals surface area contributed by atoms with E-state index in [0.29, 0.717) is 31.2 Å². The minimum Gasteiger partial charge on any atom is -0.504 e. The number of carbonyl (C=O) groups excluding carboxylic acids is 1. The summed E-state index contributed by atoms with van der Waals surface area (Å²) in [6, 6.07) is 4.54. The molecule has 1 unspecified atom stereocenters. The minimum atomic E-state index is -0.270. The molecule has 1 aromatic carbocycles.